The third kappa shape index (κ3) is 6.05. The average Bonchev–Trinajstić information content (AvgIpc) is 3.53. The van der Waals surface area contributed by atoms with E-state index < -0.39 is 10.0 Å². The molecule has 1 aliphatic heterocycles. The van der Waals surface area contributed by atoms with Gasteiger partial charge in [0.1, 0.15) is 0 Å². The van der Waals surface area contributed by atoms with E-state index in [0.29, 0.717) is 17.3 Å². The zero-order chi connectivity index (χ0) is 25.0. The van der Waals surface area contributed by atoms with Crippen LogP contribution >= 0.6 is 11.6 Å². The number of halogens is 1. The van der Waals surface area contributed by atoms with E-state index in [0.717, 1.165) is 24.1 Å². The molecule has 0 saturated carbocycles. The molecule has 10 heteroatoms. The molecule has 186 valence electrons. The molecule has 1 N–H and O–H groups in total. The second-order valence-electron chi connectivity index (χ2n) is 8.56. The second-order valence-corrected chi connectivity index (χ2v) is 10.9. The molecule has 35 heavy (non-hydrogen) atoms. The first-order valence-corrected chi connectivity index (χ1v) is 13.1. The summed E-state index contributed by atoms with van der Waals surface area (Å²) in [6, 6.07) is 14.9. The lowest BCUT2D eigenvalue weighted by molar-refractivity contribution is 0.0926. The summed E-state index contributed by atoms with van der Waals surface area (Å²) in [5.41, 5.74) is 2.10. The number of ether oxygens (including phenoxy) is 1. The molecule has 4 rings (SSSR count). The van der Waals surface area contributed by atoms with Crippen LogP contribution in [-0.2, 0) is 21.3 Å². The van der Waals surface area contributed by atoms with Crippen LogP contribution in [0.3, 0.4) is 0 Å². The summed E-state index contributed by atoms with van der Waals surface area (Å²) in [5.74, 6) is -0.201. The van der Waals surface area contributed by atoms with Gasteiger partial charge in [0.2, 0.25) is 10.0 Å². The minimum Gasteiger partial charge on any atom is -0.459 e. The Balaban J connectivity index is 1.68. The molecule has 1 aromatic heterocycles. The predicted molar refractivity (Wildman–Crippen MR) is 135 cm³/mol. The van der Waals surface area contributed by atoms with Crippen molar-refractivity contribution in [3.63, 3.8) is 0 Å². The fourth-order valence-corrected chi connectivity index (χ4v) is 5.81. The number of benzene rings is 2. The molecule has 0 unspecified atom stereocenters. The van der Waals surface area contributed by atoms with Crippen molar-refractivity contribution in [1.82, 2.24) is 4.31 Å². The van der Waals surface area contributed by atoms with E-state index >= 15 is 0 Å². The Morgan fingerprint density at radius 3 is 2.63 bits per heavy atom. The summed E-state index contributed by atoms with van der Waals surface area (Å²) in [6.45, 7) is 0.921. The summed E-state index contributed by atoms with van der Waals surface area (Å²) < 4.78 is 39.7. The smallest absolute Gasteiger partial charge is 0.291 e. The fraction of sp³-hybridized carbons (Fsp3) is 0.320. The molecule has 3 aromatic rings. The van der Waals surface area contributed by atoms with Gasteiger partial charge in [-0.25, -0.2) is 8.42 Å². The van der Waals surface area contributed by atoms with Gasteiger partial charge in [-0.3, -0.25) is 4.79 Å². The summed E-state index contributed by atoms with van der Waals surface area (Å²) in [7, 11) is -0.106. The molecule has 1 amide bonds. The molecule has 2 aromatic carbocycles. The van der Waals surface area contributed by atoms with Gasteiger partial charge in [0.05, 0.1) is 17.3 Å². The van der Waals surface area contributed by atoms with Crippen molar-refractivity contribution < 1.29 is 22.4 Å². The number of amides is 1. The average molecular weight is 518 g/mol. The van der Waals surface area contributed by atoms with Crippen LogP contribution in [0.4, 0.5) is 11.4 Å². The SMILES string of the molecule is CN(C)c1ccc(NC(=O)c2ccco2)cc1CN(C[C@@H]1CCCO1)S(=O)(=O)c1cccc(Cl)c1. The van der Waals surface area contributed by atoms with E-state index in [1.165, 1.54) is 22.7 Å². The van der Waals surface area contributed by atoms with Gasteiger partial charge in [-0.05, 0) is 66.9 Å². The van der Waals surface area contributed by atoms with Crippen LogP contribution < -0.4 is 10.2 Å². The second kappa shape index (κ2) is 10.8. The lowest BCUT2D eigenvalue weighted by Gasteiger charge is -2.27. The van der Waals surface area contributed by atoms with Crippen molar-refractivity contribution in [2.45, 2.75) is 30.4 Å². The van der Waals surface area contributed by atoms with E-state index in [1.54, 1.807) is 36.4 Å². The maximum Gasteiger partial charge on any atom is 0.291 e. The van der Waals surface area contributed by atoms with Crippen LogP contribution in [0.15, 0.2) is 70.2 Å². The van der Waals surface area contributed by atoms with Crippen molar-refractivity contribution in [1.29, 1.82) is 0 Å². The van der Waals surface area contributed by atoms with Gasteiger partial charge < -0.3 is 19.4 Å². The predicted octanol–water partition coefficient (Wildman–Crippen LogP) is 4.62. The monoisotopic (exact) mass is 517 g/mol. The molecular weight excluding hydrogens is 490 g/mol. The van der Waals surface area contributed by atoms with Crippen LogP contribution in [0.2, 0.25) is 5.02 Å². The van der Waals surface area contributed by atoms with Gasteiger partial charge in [-0.2, -0.15) is 4.31 Å². The molecule has 1 atom stereocenters. The highest BCUT2D eigenvalue weighted by Crippen LogP contribution is 2.29. The zero-order valence-electron chi connectivity index (χ0n) is 19.6. The Hall–Kier alpha value is -2.85. The normalized spacial score (nSPS) is 15.9. The first kappa shape index (κ1) is 25.2. The molecule has 0 bridgehead atoms. The van der Waals surface area contributed by atoms with Crippen LogP contribution in [0, 0.1) is 0 Å². The summed E-state index contributed by atoms with van der Waals surface area (Å²) in [5, 5.41) is 3.16. The maximum absolute atomic E-state index is 13.7. The largest absolute Gasteiger partial charge is 0.459 e. The number of hydrogen-bond acceptors (Lipinski definition) is 6. The molecule has 0 aliphatic carbocycles. The number of furan rings is 1. The first-order chi connectivity index (χ1) is 16.7. The first-order valence-electron chi connectivity index (χ1n) is 11.3. The third-order valence-corrected chi connectivity index (χ3v) is 7.82. The van der Waals surface area contributed by atoms with Crippen LogP contribution in [0.1, 0.15) is 29.0 Å². The van der Waals surface area contributed by atoms with E-state index in [-0.39, 0.29) is 35.8 Å². The van der Waals surface area contributed by atoms with Crippen molar-refractivity contribution in [2.75, 3.05) is 37.5 Å². The number of carbonyl (C=O) groups is 1. The topological polar surface area (TPSA) is 92.1 Å². The highest BCUT2D eigenvalue weighted by molar-refractivity contribution is 7.89. The number of nitrogens with zero attached hydrogens (tertiary/aromatic N) is 2. The van der Waals surface area contributed by atoms with E-state index in [2.05, 4.69) is 5.32 Å². The van der Waals surface area contributed by atoms with Crippen LogP contribution in [0.5, 0.6) is 0 Å². The van der Waals surface area contributed by atoms with Crippen LogP contribution in [0.25, 0.3) is 0 Å². The highest BCUT2D eigenvalue weighted by Gasteiger charge is 2.30. The number of rotatable bonds is 9. The van der Waals surface area contributed by atoms with Crippen molar-refractivity contribution >= 4 is 38.9 Å². The highest BCUT2D eigenvalue weighted by atomic mass is 35.5. The lowest BCUT2D eigenvalue weighted by atomic mass is 10.1. The number of anilines is 2. The van der Waals surface area contributed by atoms with Gasteiger partial charge in [-0.1, -0.05) is 17.7 Å². The molecule has 1 fully saturated rings. The quantitative estimate of drug-likeness (QED) is 0.445. The number of sulfonamides is 1. The van der Waals surface area contributed by atoms with Gasteiger partial charge in [-0.15, -0.1) is 0 Å². The number of nitrogens with one attached hydrogen (secondary N) is 1. The number of carbonyl (C=O) groups excluding carboxylic acids is 1. The standard InChI is InChI=1S/C25H28ClN3O5S/c1-28(2)23-11-10-20(27-25(30)24-9-5-13-34-24)14-18(23)16-29(17-21-7-4-12-33-21)35(31,32)22-8-3-6-19(26)15-22/h3,5-6,8-11,13-15,21H,4,7,12,16-17H2,1-2H3,(H,27,30)/t21-/m0/s1. The number of hydrogen-bond donors (Lipinski definition) is 1. The van der Waals surface area contributed by atoms with Gasteiger partial charge in [0, 0.05) is 50.2 Å². The minimum atomic E-state index is -3.88. The minimum absolute atomic E-state index is 0.0900. The Bertz CT molecular complexity index is 1270. The summed E-state index contributed by atoms with van der Waals surface area (Å²) in [4.78, 5) is 14.5. The molecule has 1 saturated heterocycles. The molecule has 0 radical (unpaired) electrons. The molecule has 0 spiro atoms. The Morgan fingerprint density at radius 1 is 1.14 bits per heavy atom. The summed E-state index contributed by atoms with van der Waals surface area (Å²) >= 11 is 6.10. The van der Waals surface area contributed by atoms with Crippen molar-refractivity contribution in [3.05, 3.63) is 77.2 Å². The Labute approximate surface area is 210 Å². The van der Waals surface area contributed by atoms with Crippen molar-refractivity contribution in [3.8, 4) is 0 Å². The summed E-state index contributed by atoms with van der Waals surface area (Å²) in [6.07, 6.45) is 2.93. The van der Waals surface area contributed by atoms with E-state index in [4.69, 9.17) is 20.8 Å². The fourth-order valence-electron chi connectivity index (χ4n) is 4.06. The van der Waals surface area contributed by atoms with E-state index in [9.17, 15) is 13.2 Å². The molecule has 8 nitrogen and oxygen atoms in total. The van der Waals surface area contributed by atoms with Crippen molar-refractivity contribution in [2.24, 2.45) is 0 Å². The lowest BCUT2D eigenvalue weighted by Crippen LogP contribution is -2.37. The Kier molecular flexibility index (Phi) is 7.81. The Morgan fingerprint density at radius 2 is 1.97 bits per heavy atom. The van der Waals surface area contributed by atoms with Gasteiger partial charge >= 0.3 is 0 Å². The maximum atomic E-state index is 13.7. The third-order valence-electron chi connectivity index (χ3n) is 5.78. The van der Waals surface area contributed by atoms with Gasteiger partial charge in [0.25, 0.3) is 5.91 Å². The van der Waals surface area contributed by atoms with Gasteiger partial charge in [0.15, 0.2) is 5.76 Å². The van der Waals surface area contributed by atoms with Crippen LogP contribution in [-0.4, -0.2) is 52.0 Å². The molecule has 1 aliphatic rings. The van der Waals surface area contributed by atoms with E-state index in [1.807, 2.05) is 25.1 Å². The zero-order valence-corrected chi connectivity index (χ0v) is 21.2. The molecule has 2 heterocycles. The molecular formula is C25H28ClN3O5S.